The summed E-state index contributed by atoms with van der Waals surface area (Å²) in [6, 6.07) is 6.20. The van der Waals surface area contributed by atoms with Gasteiger partial charge in [-0.15, -0.1) is 0 Å². The van der Waals surface area contributed by atoms with Crippen molar-refractivity contribution >= 4 is 11.9 Å². The number of amides is 1. The van der Waals surface area contributed by atoms with Crippen molar-refractivity contribution in [2.45, 2.75) is 90.6 Å². The van der Waals surface area contributed by atoms with Gasteiger partial charge in [0.1, 0.15) is 23.5 Å². The van der Waals surface area contributed by atoms with Crippen molar-refractivity contribution in [1.29, 1.82) is 0 Å². The minimum Gasteiger partial charge on any atom is -0.507 e. The van der Waals surface area contributed by atoms with Crippen LogP contribution in [-0.2, 0) is 14.3 Å². The van der Waals surface area contributed by atoms with E-state index in [2.05, 4.69) is 73.0 Å². The van der Waals surface area contributed by atoms with Crippen LogP contribution in [0.4, 0.5) is 0 Å². The lowest BCUT2D eigenvalue weighted by molar-refractivity contribution is -0.149. The number of phenols is 1. The van der Waals surface area contributed by atoms with Gasteiger partial charge < -0.3 is 19.9 Å². The van der Waals surface area contributed by atoms with Crippen molar-refractivity contribution in [3.63, 3.8) is 0 Å². The third kappa shape index (κ3) is 15.9. The van der Waals surface area contributed by atoms with Gasteiger partial charge in [-0.3, -0.25) is 4.79 Å². The lowest BCUT2D eigenvalue weighted by Gasteiger charge is -2.30. The van der Waals surface area contributed by atoms with Crippen molar-refractivity contribution in [2.75, 3.05) is 19.8 Å². The van der Waals surface area contributed by atoms with E-state index in [1.807, 2.05) is 13.8 Å². The molecule has 0 aliphatic heterocycles. The molecule has 0 saturated carbocycles. The Labute approximate surface area is 247 Å². The summed E-state index contributed by atoms with van der Waals surface area (Å²) < 4.78 is 11.3. The van der Waals surface area contributed by atoms with E-state index in [-0.39, 0.29) is 30.4 Å². The predicted octanol–water partition coefficient (Wildman–Crippen LogP) is 8.16. The van der Waals surface area contributed by atoms with E-state index in [4.69, 9.17) is 9.47 Å². The van der Waals surface area contributed by atoms with Crippen LogP contribution in [0.2, 0.25) is 0 Å². The summed E-state index contributed by atoms with van der Waals surface area (Å²) in [5.41, 5.74) is -0.790. The molecule has 1 aromatic carbocycles. The Morgan fingerprint density at radius 3 is 1.90 bits per heavy atom. The van der Waals surface area contributed by atoms with Crippen LogP contribution < -0.4 is 5.32 Å². The molecule has 0 spiro atoms. The number of carbonyl (C=O) groups excluding carboxylic acids is 2. The first-order chi connectivity index (χ1) is 20.0. The van der Waals surface area contributed by atoms with Gasteiger partial charge in [0.15, 0.2) is 0 Å². The molecule has 0 bridgehead atoms. The van der Waals surface area contributed by atoms with E-state index in [9.17, 15) is 14.7 Å². The van der Waals surface area contributed by atoms with Crippen LogP contribution in [0.1, 0.15) is 95.3 Å². The minimum atomic E-state index is -0.890. The molecule has 0 fully saturated rings. The van der Waals surface area contributed by atoms with Gasteiger partial charge in [-0.25, -0.2) is 4.79 Å². The highest BCUT2D eigenvalue weighted by atomic mass is 16.5. The summed E-state index contributed by atoms with van der Waals surface area (Å²) in [7, 11) is 0. The Morgan fingerprint density at radius 2 is 1.34 bits per heavy atom. The Kier molecular flexibility index (Phi) is 20.3. The van der Waals surface area contributed by atoms with Gasteiger partial charge in [0.2, 0.25) is 0 Å². The molecule has 0 radical (unpaired) electrons. The van der Waals surface area contributed by atoms with Crippen LogP contribution in [0.3, 0.4) is 0 Å². The number of para-hydroxylation sites is 1. The molecule has 0 atom stereocenters. The quantitative estimate of drug-likeness (QED) is 0.0842. The molecule has 1 aromatic rings. The van der Waals surface area contributed by atoms with Crippen molar-refractivity contribution in [1.82, 2.24) is 5.32 Å². The molecular weight excluding hydrogens is 514 g/mol. The van der Waals surface area contributed by atoms with E-state index in [1.165, 1.54) is 12.1 Å². The molecule has 0 aromatic heterocycles. The average Bonchev–Trinajstić information content (AvgIpc) is 2.98. The molecule has 0 aliphatic carbocycles. The van der Waals surface area contributed by atoms with E-state index in [0.29, 0.717) is 19.4 Å². The molecule has 0 unspecified atom stereocenters. The SMILES string of the molecule is CC/C=C\C/C=C\C/C=C\C/C=C\C/C=C\CCCCOC(CC)(CC)C(=O)NCCOC(=O)c1ccccc1O. The fourth-order valence-electron chi connectivity index (χ4n) is 4.03. The molecule has 0 aliphatic rings. The van der Waals surface area contributed by atoms with Crippen molar-refractivity contribution in [3.05, 3.63) is 90.6 Å². The maximum absolute atomic E-state index is 12.9. The molecule has 41 heavy (non-hydrogen) atoms. The second kappa shape index (κ2) is 23.3. The summed E-state index contributed by atoms with van der Waals surface area (Å²) in [6.45, 7) is 6.73. The zero-order chi connectivity index (χ0) is 30.0. The number of esters is 1. The van der Waals surface area contributed by atoms with E-state index in [1.54, 1.807) is 12.1 Å². The fourth-order valence-corrected chi connectivity index (χ4v) is 4.03. The van der Waals surface area contributed by atoms with Gasteiger partial charge in [-0.05, 0) is 76.3 Å². The second-order valence-electron chi connectivity index (χ2n) is 9.66. The Morgan fingerprint density at radius 1 is 0.780 bits per heavy atom. The first kappa shape index (κ1) is 35.6. The lowest BCUT2D eigenvalue weighted by atomic mass is 9.95. The predicted molar refractivity (Wildman–Crippen MR) is 169 cm³/mol. The van der Waals surface area contributed by atoms with Crippen LogP contribution in [0.25, 0.3) is 0 Å². The van der Waals surface area contributed by atoms with Crippen LogP contribution >= 0.6 is 0 Å². The molecule has 226 valence electrons. The average molecular weight is 566 g/mol. The van der Waals surface area contributed by atoms with Crippen LogP contribution in [-0.4, -0.2) is 42.3 Å². The molecule has 1 amide bonds. The fraction of sp³-hybridized carbons (Fsp3) is 0.486. The van der Waals surface area contributed by atoms with Crippen molar-refractivity contribution in [2.24, 2.45) is 0 Å². The van der Waals surface area contributed by atoms with Crippen LogP contribution in [0.5, 0.6) is 5.75 Å². The topological polar surface area (TPSA) is 84.9 Å². The zero-order valence-corrected chi connectivity index (χ0v) is 25.4. The van der Waals surface area contributed by atoms with Gasteiger partial charge in [0, 0.05) is 6.61 Å². The number of nitrogens with one attached hydrogen (secondary N) is 1. The Bertz CT molecular complexity index is 1000. The third-order valence-corrected chi connectivity index (χ3v) is 6.60. The van der Waals surface area contributed by atoms with Crippen molar-refractivity contribution in [3.8, 4) is 5.75 Å². The number of aromatic hydroxyl groups is 1. The maximum atomic E-state index is 12.9. The van der Waals surface area contributed by atoms with Crippen LogP contribution in [0, 0.1) is 0 Å². The first-order valence-corrected chi connectivity index (χ1v) is 15.1. The number of hydrogen-bond acceptors (Lipinski definition) is 5. The molecule has 1 rings (SSSR count). The van der Waals surface area contributed by atoms with Crippen LogP contribution in [0.15, 0.2) is 85.0 Å². The standard InChI is InChI=1S/C35H51NO5/c1-4-7-8-9-10-11-12-13-14-15-16-17-18-19-20-21-22-25-29-41-35(5-2,6-3)34(39)36-28-30-40-33(38)31-26-23-24-27-32(31)37/h7-8,10-11,13-14,16-17,19-20,23-24,26-27,37H,4-6,9,12,15,18,21-22,25,28-30H2,1-3H3,(H,36,39)/b8-7-,11-10-,14-13-,17-16-,20-19-. The lowest BCUT2D eigenvalue weighted by Crippen LogP contribution is -2.49. The monoisotopic (exact) mass is 565 g/mol. The number of carbonyl (C=O) groups is 2. The highest BCUT2D eigenvalue weighted by Crippen LogP contribution is 2.22. The zero-order valence-electron chi connectivity index (χ0n) is 25.4. The highest BCUT2D eigenvalue weighted by molar-refractivity contribution is 5.92. The number of allylic oxidation sites excluding steroid dienone is 10. The van der Waals surface area contributed by atoms with E-state index < -0.39 is 11.6 Å². The second-order valence-corrected chi connectivity index (χ2v) is 9.66. The summed E-state index contributed by atoms with van der Waals surface area (Å²) in [5, 5.41) is 12.6. The Balaban J connectivity index is 2.19. The summed E-state index contributed by atoms with van der Waals surface area (Å²) in [6.07, 6.45) is 30.9. The molecule has 2 N–H and O–H groups in total. The summed E-state index contributed by atoms with van der Waals surface area (Å²) in [5.74, 6) is -0.954. The van der Waals surface area contributed by atoms with E-state index >= 15 is 0 Å². The van der Waals surface area contributed by atoms with Crippen molar-refractivity contribution < 1.29 is 24.2 Å². The smallest absolute Gasteiger partial charge is 0.341 e. The van der Waals surface area contributed by atoms with Gasteiger partial charge >= 0.3 is 5.97 Å². The number of hydrogen-bond donors (Lipinski definition) is 2. The molecule has 0 heterocycles. The van der Waals surface area contributed by atoms with Gasteiger partial charge in [-0.1, -0.05) is 93.7 Å². The highest BCUT2D eigenvalue weighted by Gasteiger charge is 2.35. The number of benzene rings is 1. The Hall–Kier alpha value is -3.38. The summed E-state index contributed by atoms with van der Waals surface area (Å²) >= 11 is 0. The normalized spacial score (nSPS) is 12.5. The number of ether oxygens (including phenoxy) is 2. The van der Waals surface area contributed by atoms with Gasteiger partial charge in [0.25, 0.3) is 5.91 Å². The van der Waals surface area contributed by atoms with E-state index in [0.717, 1.165) is 51.4 Å². The first-order valence-electron chi connectivity index (χ1n) is 15.1. The molecule has 6 heteroatoms. The number of unbranched alkanes of at least 4 members (excludes halogenated alkanes) is 2. The minimum absolute atomic E-state index is 0.00959. The van der Waals surface area contributed by atoms with Gasteiger partial charge in [0.05, 0.1) is 6.54 Å². The molecule has 6 nitrogen and oxygen atoms in total. The molecule has 0 saturated heterocycles. The number of phenolic OH excluding ortho intramolecular Hbond substituents is 1. The summed E-state index contributed by atoms with van der Waals surface area (Å²) in [4.78, 5) is 25.0. The molecular formula is C35H51NO5. The third-order valence-electron chi connectivity index (χ3n) is 6.60. The largest absolute Gasteiger partial charge is 0.507 e. The number of rotatable bonds is 22. The maximum Gasteiger partial charge on any atom is 0.341 e. The van der Waals surface area contributed by atoms with Gasteiger partial charge in [-0.2, -0.15) is 0 Å².